The SMILES string of the molecule is C/C=C\N=CCC(CCC)CC(C)C. The molecule has 0 aliphatic heterocycles. The van der Waals surface area contributed by atoms with Gasteiger partial charge in [0.2, 0.25) is 0 Å². The Balaban J connectivity index is 3.83. The van der Waals surface area contributed by atoms with Crippen molar-refractivity contribution in [3.63, 3.8) is 0 Å². The van der Waals surface area contributed by atoms with Gasteiger partial charge < -0.3 is 0 Å². The molecule has 0 radical (unpaired) electrons. The first kappa shape index (κ1) is 13.4. The number of hydrogen-bond acceptors (Lipinski definition) is 1. The third-order valence-electron chi connectivity index (χ3n) is 2.28. The standard InChI is InChI=1S/C13H25N/c1-5-7-13(11-12(3)4)8-10-14-9-6-2/h6,9-10,12-13H,5,7-8,11H2,1-4H3/b9-6-,14-10?. The summed E-state index contributed by atoms with van der Waals surface area (Å²) in [6.07, 6.45) is 11.0. The van der Waals surface area contributed by atoms with Crippen molar-refractivity contribution >= 4 is 6.21 Å². The van der Waals surface area contributed by atoms with E-state index in [4.69, 9.17) is 0 Å². The minimum Gasteiger partial charge on any atom is -0.269 e. The van der Waals surface area contributed by atoms with Gasteiger partial charge in [-0.25, -0.2) is 0 Å². The molecule has 0 amide bonds. The molecule has 0 heterocycles. The van der Waals surface area contributed by atoms with Gasteiger partial charge in [0.1, 0.15) is 0 Å². The maximum atomic E-state index is 4.21. The van der Waals surface area contributed by atoms with Gasteiger partial charge in [-0.3, -0.25) is 4.99 Å². The van der Waals surface area contributed by atoms with E-state index in [1.54, 1.807) is 0 Å². The second-order valence-electron chi connectivity index (χ2n) is 4.33. The predicted octanol–water partition coefficient (Wildman–Crippen LogP) is 4.44. The molecule has 0 saturated carbocycles. The van der Waals surface area contributed by atoms with E-state index in [-0.39, 0.29) is 0 Å². The molecule has 1 nitrogen and oxygen atoms in total. The van der Waals surface area contributed by atoms with Crippen LogP contribution in [0.3, 0.4) is 0 Å². The molecular formula is C13H25N. The van der Waals surface area contributed by atoms with E-state index >= 15 is 0 Å². The van der Waals surface area contributed by atoms with Crippen LogP contribution in [0.4, 0.5) is 0 Å². The van der Waals surface area contributed by atoms with Crippen LogP contribution in [0.5, 0.6) is 0 Å². The predicted molar refractivity (Wildman–Crippen MR) is 65.8 cm³/mol. The second-order valence-corrected chi connectivity index (χ2v) is 4.33. The van der Waals surface area contributed by atoms with Gasteiger partial charge >= 0.3 is 0 Å². The van der Waals surface area contributed by atoms with Crippen LogP contribution in [0.25, 0.3) is 0 Å². The van der Waals surface area contributed by atoms with Crippen molar-refractivity contribution in [2.45, 2.75) is 53.4 Å². The smallest absolute Gasteiger partial charge is 0.0221 e. The van der Waals surface area contributed by atoms with Gasteiger partial charge in [-0.05, 0) is 31.6 Å². The van der Waals surface area contributed by atoms with Crippen molar-refractivity contribution in [3.05, 3.63) is 12.3 Å². The molecule has 0 rings (SSSR count). The Bertz CT molecular complexity index is 168. The van der Waals surface area contributed by atoms with Crippen LogP contribution in [0.2, 0.25) is 0 Å². The number of hydrogen-bond donors (Lipinski definition) is 0. The number of rotatable bonds is 7. The maximum absolute atomic E-state index is 4.21. The molecule has 0 bridgehead atoms. The van der Waals surface area contributed by atoms with Crippen LogP contribution in [-0.4, -0.2) is 6.21 Å². The lowest BCUT2D eigenvalue weighted by Crippen LogP contribution is -2.04. The summed E-state index contributed by atoms with van der Waals surface area (Å²) in [5.41, 5.74) is 0. The van der Waals surface area contributed by atoms with E-state index < -0.39 is 0 Å². The number of allylic oxidation sites excluding steroid dienone is 1. The van der Waals surface area contributed by atoms with Crippen LogP contribution >= 0.6 is 0 Å². The highest BCUT2D eigenvalue weighted by molar-refractivity contribution is 5.58. The topological polar surface area (TPSA) is 12.4 Å². The summed E-state index contributed by atoms with van der Waals surface area (Å²) in [5.74, 6) is 1.63. The Morgan fingerprint density at radius 2 is 2.00 bits per heavy atom. The zero-order valence-electron chi connectivity index (χ0n) is 10.2. The molecule has 1 heteroatoms. The van der Waals surface area contributed by atoms with E-state index in [9.17, 15) is 0 Å². The lowest BCUT2D eigenvalue weighted by molar-refractivity contribution is 0.395. The largest absolute Gasteiger partial charge is 0.269 e. The number of aliphatic imine (C=N–C) groups is 1. The first-order valence-corrected chi connectivity index (χ1v) is 5.83. The summed E-state index contributed by atoms with van der Waals surface area (Å²) < 4.78 is 0. The Hall–Kier alpha value is -0.590. The molecule has 0 N–H and O–H groups in total. The minimum atomic E-state index is 0.807. The van der Waals surface area contributed by atoms with E-state index in [2.05, 4.69) is 32.0 Å². The van der Waals surface area contributed by atoms with Gasteiger partial charge in [0.15, 0.2) is 0 Å². The Kier molecular flexibility index (Phi) is 8.61. The lowest BCUT2D eigenvalue weighted by atomic mass is 9.91. The first-order chi connectivity index (χ1) is 6.70. The highest BCUT2D eigenvalue weighted by Gasteiger charge is 2.08. The molecule has 0 aromatic carbocycles. The van der Waals surface area contributed by atoms with Crippen molar-refractivity contribution < 1.29 is 0 Å². The van der Waals surface area contributed by atoms with Gasteiger partial charge in [-0.1, -0.05) is 39.7 Å². The average Bonchev–Trinajstić information content (AvgIpc) is 2.12. The van der Waals surface area contributed by atoms with E-state index in [1.807, 2.05) is 19.2 Å². The van der Waals surface area contributed by atoms with E-state index in [1.165, 1.54) is 19.3 Å². The van der Waals surface area contributed by atoms with E-state index in [0.29, 0.717) is 0 Å². The number of nitrogens with zero attached hydrogens (tertiary/aromatic N) is 1. The third-order valence-corrected chi connectivity index (χ3v) is 2.28. The Morgan fingerprint density at radius 3 is 2.50 bits per heavy atom. The molecule has 0 saturated heterocycles. The monoisotopic (exact) mass is 195 g/mol. The summed E-state index contributed by atoms with van der Waals surface area (Å²) in [7, 11) is 0. The van der Waals surface area contributed by atoms with Gasteiger partial charge in [0, 0.05) is 12.4 Å². The van der Waals surface area contributed by atoms with Gasteiger partial charge in [-0.15, -0.1) is 0 Å². The van der Waals surface area contributed by atoms with Crippen molar-refractivity contribution in [1.29, 1.82) is 0 Å². The van der Waals surface area contributed by atoms with Gasteiger partial charge in [-0.2, -0.15) is 0 Å². The lowest BCUT2D eigenvalue weighted by Gasteiger charge is -2.15. The fraction of sp³-hybridized carbons (Fsp3) is 0.769. The molecule has 0 fully saturated rings. The highest BCUT2D eigenvalue weighted by atomic mass is 14.7. The fourth-order valence-corrected chi connectivity index (χ4v) is 1.76. The zero-order chi connectivity index (χ0) is 10.8. The molecule has 1 unspecified atom stereocenters. The van der Waals surface area contributed by atoms with Crippen molar-refractivity contribution in [2.75, 3.05) is 0 Å². The van der Waals surface area contributed by atoms with Crippen LogP contribution in [0, 0.1) is 11.8 Å². The van der Waals surface area contributed by atoms with Crippen LogP contribution in [-0.2, 0) is 0 Å². The normalized spacial score (nSPS) is 14.6. The Morgan fingerprint density at radius 1 is 1.29 bits per heavy atom. The minimum absolute atomic E-state index is 0.807. The second kappa shape index (κ2) is 8.98. The van der Waals surface area contributed by atoms with Crippen molar-refractivity contribution in [2.24, 2.45) is 16.8 Å². The summed E-state index contributed by atoms with van der Waals surface area (Å²) in [4.78, 5) is 4.21. The van der Waals surface area contributed by atoms with Crippen LogP contribution in [0.15, 0.2) is 17.3 Å². The highest BCUT2D eigenvalue weighted by Crippen LogP contribution is 2.19. The summed E-state index contributed by atoms with van der Waals surface area (Å²) >= 11 is 0. The maximum Gasteiger partial charge on any atom is 0.0221 e. The quantitative estimate of drug-likeness (QED) is 0.532. The van der Waals surface area contributed by atoms with E-state index in [0.717, 1.165) is 18.3 Å². The average molecular weight is 195 g/mol. The molecule has 0 aliphatic rings. The molecule has 0 spiro atoms. The van der Waals surface area contributed by atoms with Crippen LogP contribution < -0.4 is 0 Å². The molecule has 0 aliphatic carbocycles. The molecule has 0 aromatic rings. The third kappa shape index (κ3) is 8.03. The molecule has 82 valence electrons. The Labute approximate surface area is 89.3 Å². The van der Waals surface area contributed by atoms with Crippen molar-refractivity contribution in [3.8, 4) is 0 Å². The summed E-state index contributed by atoms with van der Waals surface area (Å²) in [6.45, 7) is 8.85. The van der Waals surface area contributed by atoms with Crippen molar-refractivity contribution in [1.82, 2.24) is 0 Å². The fourth-order valence-electron chi connectivity index (χ4n) is 1.76. The summed E-state index contributed by atoms with van der Waals surface area (Å²) in [6, 6.07) is 0. The molecule has 0 aromatic heterocycles. The van der Waals surface area contributed by atoms with Gasteiger partial charge in [0.05, 0.1) is 0 Å². The molecule has 14 heavy (non-hydrogen) atoms. The zero-order valence-corrected chi connectivity index (χ0v) is 10.2. The molecular weight excluding hydrogens is 170 g/mol. The first-order valence-electron chi connectivity index (χ1n) is 5.83. The van der Waals surface area contributed by atoms with Gasteiger partial charge in [0.25, 0.3) is 0 Å². The summed E-state index contributed by atoms with van der Waals surface area (Å²) in [5, 5.41) is 0. The molecule has 1 atom stereocenters. The van der Waals surface area contributed by atoms with Crippen LogP contribution in [0.1, 0.15) is 53.4 Å².